The van der Waals surface area contributed by atoms with Crippen LogP contribution in [-0.4, -0.2) is 19.7 Å². The van der Waals surface area contributed by atoms with Crippen molar-refractivity contribution in [2.24, 2.45) is 0 Å². The van der Waals surface area contributed by atoms with Crippen LogP contribution in [0.3, 0.4) is 0 Å². The van der Waals surface area contributed by atoms with Crippen LogP contribution < -0.4 is 5.73 Å². The van der Waals surface area contributed by atoms with Crippen molar-refractivity contribution >= 4 is 31.6 Å². The monoisotopic (exact) mass is 278 g/mol. The smallest absolute Gasteiger partial charge is 0.177 e. The number of nitrogens with two attached hydrogens (primary N) is 1. The zero-order valence-electron chi connectivity index (χ0n) is 7.91. The van der Waals surface area contributed by atoms with Gasteiger partial charge in [-0.3, -0.25) is 0 Å². The van der Waals surface area contributed by atoms with Crippen LogP contribution in [0.2, 0.25) is 0 Å². The summed E-state index contributed by atoms with van der Waals surface area (Å²) in [6, 6.07) is 1.50. The molecule has 14 heavy (non-hydrogen) atoms. The number of aryl methyl sites for hydroxylation is 1. The van der Waals surface area contributed by atoms with Crippen molar-refractivity contribution in [2.45, 2.75) is 18.2 Å². The molecule has 0 radical (unpaired) electrons. The first-order valence-corrected chi connectivity index (χ1v) is 6.69. The molecule has 1 aromatic rings. The summed E-state index contributed by atoms with van der Waals surface area (Å²) in [6.07, 6.45) is 1.70. The van der Waals surface area contributed by atoms with Gasteiger partial charge in [-0.25, -0.2) is 13.4 Å². The van der Waals surface area contributed by atoms with Crippen LogP contribution in [0.25, 0.3) is 0 Å². The average molecular weight is 279 g/mol. The Labute approximate surface area is 91.6 Å². The number of nitrogen functional groups attached to an aromatic ring is 1. The van der Waals surface area contributed by atoms with Crippen LogP contribution in [0.5, 0.6) is 0 Å². The molecule has 0 saturated heterocycles. The summed E-state index contributed by atoms with van der Waals surface area (Å²) >= 11 is 3.15. The topological polar surface area (TPSA) is 73.0 Å². The van der Waals surface area contributed by atoms with Crippen molar-refractivity contribution in [2.75, 3.05) is 12.0 Å². The number of pyridine rings is 1. The van der Waals surface area contributed by atoms with Gasteiger partial charge in [0.1, 0.15) is 5.82 Å². The molecule has 1 heterocycles. The number of hydrogen-bond donors (Lipinski definition) is 1. The van der Waals surface area contributed by atoms with Gasteiger partial charge in [-0.05, 0) is 28.4 Å². The lowest BCUT2D eigenvalue weighted by molar-refractivity contribution is 0.600. The SMILES string of the molecule is CCc1nc(N)c(Br)cc1S(C)(=O)=O. The van der Waals surface area contributed by atoms with Crippen LogP contribution in [0.15, 0.2) is 15.4 Å². The highest BCUT2D eigenvalue weighted by Crippen LogP contribution is 2.24. The molecule has 0 fully saturated rings. The minimum Gasteiger partial charge on any atom is -0.383 e. The van der Waals surface area contributed by atoms with Crippen molar-refractivity contribution in [1.29, 1.82) is 0 Å². The van der Waals surface area contributed by atoms with Crippen LogP contribution in [0.4, 0.5) is 5.82 Å². The van der Waals surface area contributed by atoms with Crippen LogP contribution in [0.1, 0.15) is 12.6 Å². The molecular weight excluding hydrogens is 268 g/mol. The van der Waals surface area contributed by atoms with Crippen molar-refractivity contribution in [3.63, 3.8) is 0 Å². The summed E-state index contributed by atoms with van der Waals surface area (Å²) < 4.78 is 23.3. The summed E-state index contributed by atoms with van der Waals surface area (Å²) in [6.45, 7) is 1.84. The van der Waals surface area contributed by atoms with E-state index in [1.165, 1.54) is 6.07 Å². The quantitative estimate of drug-likeness (QED) is 0.888. The van der Waals surface area contributed by atoms with Gasteiger partial charge in [0.05, 0.1) is 15.1 Å². The van der Waals surface area contributed by atoms with E-state index in [2.05, 4.69) is 20.9 Å². The zero-order chi connectivity index (χ0) is 10.9. The lowest BCUT2D eigenvalue weighted by atomic mass is 10.3. The first-order chi connectivity index (χ1) is 6.36. The molecule has 0 spiro atoms. The van der Waals surface area contributed by atoms with E-state index >= 15 is 0 Å². The number of nitrogens with zero attached hydrogens (tertiary/aromatic N) is 1. The molecule has 0 unspecified atom stereocenters. The van der Waals surface area contributed by atoms with Gasteiger partial charge in [0.25, 0.3) is 0 Å². The van der Waals surface area contributed by atoms with Crippen LogP contribution >= 0.6 is 15.9 Å². The molecule has 1 rings (SSSR count). The lowest BCUT2D eigenvalue weighted by Gasteiger charge is -2.07. The van der Waals surface area contributed by atoms with E-state index in [1.54, 1.807) is 0 Å². The Morgan fingerprint density at radius 1 is 1.57 bits per heavy atom. The number of rotatable bonds is 2. The molecule has 78 valence electrons. The fourth-order valence-corrected chi connectivity index (χ4v) is 2.52. The summed E-state index contributed by atoms with van der Waals surface area (Å²) in [7, 11) is -3.23. The molecule has 0 amide bonds. The highest BCUT2D eigenvalue weighted by Gasteiger charge is 2.15. The van der Waals surface area contributed by atoms with Gasteiger partial charge < -0.3 is 5.73 Å². The molecule has 6 heteroatoms. The Kier molecular flexibility index (Phi) is 3.16. The Morgan fingerprint density at radius 3 is 2.57 bits per heavy atom. The van der Waals surface area contributed by atoms with Gasteiger partial charge in [0, 0.05) is 6.26 Å². The molecule has 0 aliphatic heterocycles. The number of aromatic nitrogens is 1. The Balaban J connectivity index is 3.51. The molecule has 0 atom stereocenters. The molecule has 0 saturated carbocycles. The van der Waals surface area contributed by atoms with Crippen molar-refractivity contribution in [1.82, 2.24) is 4.98 Å². The standard InChI is InChI=1S/C8H11BrN2O2S/c1-3-6-7(14(2,12)13)4-5(9)8(10)11-6/h4H,3H2,1-2H3,(H2,10,11). The molecule has 4 nitrogen and oxygen atoms in total. The number of sulfone groups is 1. The van der Waals surface area contributed by atoms with E-state index in [9.17, 15) is 8.42 Å². The van der Waals surface area contributed by atoms with E-state index in [4.69, 9.17) is 5.73 Å². The maximum atomic E-state index is 11.4. The Hall–Kier alpha value is -0.620. The van der Waals surface area contributed by atoms with Gasteiger partial charge in [-0.1, -0.05) is 6.92 Å². The van der Waals surface area contributed by atoms with E-state index in [0.29, 0.717) is 22.4 Å². The predicted molar refractivity (Wildman–Crippen MR) is 58.8 cm³/mol. The second-order valence-corrected chi connectivity index (χ2v) is 5.76. The van der Waals surface area contributed by atoms with E-state index in [1.807, 2.05) is 6.92 Å². The fraction of sp³-hybridized carbons (Fsp3) is 0.375. The number of anilines is 1. The van der Waals surface area contributed by atoms with Gasteiger partial charge >= 0.3 is 0 Å². The largest absolute Gasteiger partial charge is 0.383 e. The second kappa shape index (κ2) is 3.86. The molecule has 1 aromatic heterocycles. The van der Waals surface area contributed by atoms with Crippen LogP contribution in [-0.2, 0) is 16.3 Å². The first-order valence-electron chi connectivity index (χ1n) is 4.01. The first kappa shape index (κ1) is 11.5. The van der Waals surface area contributed by atoms with Gasteiger partial charge in [-0.2, -0.15) is 0 Å². The molecule has 2 N–H and O–H groups in total. The van der Waals surface area contributed by atoms with E-state index in [-0.39, 0.29) is 4.90 Å². The molecule has 0 bridgehead atoms. The lowest BCUT2D eigenvalue weighted by Crippen LogP contribution is -2.06. The van der Waals surface area contributed by atoms with Gasteiger partial charge in [-0.15, -0.1) is 0 Å². The summed E-state index contributed by atoms with van der Waals surface area (Å²) in [5.74, 6) is 0.314. The van der Waals surface area contributed by atoms with Crippen molar-refractivity contribution in [3.05, 3.63) is 16.2 Å². The summed E-state index contributed by atoms with van der Waals surface area (Å²) in [5.41, 5.74) is 6.06. The zero-order valence-corrected chi connectivity index (χ0v) is 10.3. The third kappa shape index (κ3) is 2.24. The highest BCUT2D eigenvalue weighted by molar-refractivity contribution is 9.10. The predicted octanol–water partition coefficient (Wildman–Crippen LogP) is 1.39. The maximum Gasteiger partial charge on any atom is 0.177 e. The molecule has 0 aromatic carbocycles. The Bertz CT molecular complexity index is 457. The third-order valence-corrected chi connectivity index (χ3v) is 3.56. The number of halogens is 1. The van der Waals surface area contributed by atoms with Gasteiger partial charge in [0.15, 0.2) is 9.84 Å². The molecular formula is C8H11BrN2O2S. The molecule has 0 aliphatic carbocycles. The van der Waals surface area contributed by atoms with Crippen molar-refractivity contribution < 1.29 is 8.42 Å². The third-order valence-electron chi connectivity index (χ3n) is 1.78. The minimum atomic E-state index is -3.23. The normalized spacial score (nSPS) is 11.6. The number of hydrogen-bond acceptors (Lipinski definition) is 4. The van der Waals surface area contributed by atoms with Gasteiger partial charge in [0.2, 0.25) is 0 Å². The maximum absolute atomic E-state index is 11.4. The summed E-state index contributed by atoms with van der Waals surface area (Å²) in [5, 5.41) is 0. The highest BCUT2D eigenvalue weighted by atomic mass is 79.9. The van der Waals surface area contributed by atoms with Crippen LogP contribution in [0, 0.1) is 0 Å². The van der Waals surface area contributed by atoms with E-state index in [0.717, 1.165) is 6.26 Å². The average Bonchev–Trinajstić information content (AvgIpc) is 2.07. The van der Waals surface area contributed by atoms with E-state index < -0.39 is 9.84 Å². The van der Waals surface area contributed by atoms with Crippen molar-refractivity contribution in [3.8, 4) is 0 Å². The minimum absolute atomic E-state index is 0.237. The summed E-state index contributed by atoms with van der Waals surface area (Å²) in [4.78, 5) is 4.25. The fourth-order valence-electron chi connectivity index (χ4n) is 1.10. The molecule has 0 aliphatic rings. The Morgan fingerprint density at radius 2 is 2.14 bits per heavy atom. The second-order valence-electron chi connectivity index (χ2n) is 2.93.